The summed E-state index contributed by atoms with van der Waals surface area (Å²) in [6.07, 6.45) is 0.00471. The first-order chi connectivity index (χ1) is 14.0. The second kappa shape index (κ2) is 10.3. The molecule has 1 unspecified atom stereocenters. The molecule has 0 bridgehead atoms. The van der Waals surface area contributed by atoms with Gasteiger partial charge in [-0.1, -0.05) is 22.0 Å². The van der Waals surface area contributed by atoms with Gasteiger partial charge in [0, 0.05) is 11.5 Å². The Hall–Kier alpha value is -2.10. The number of amides is 1. The van der Waals surface area contributed by atoms with Gasteiger partial charge in [0.2, 0.25) is 15.9 Å². The minimum atomic E-state index is -3.76. The lowest BCUT2D eigenvalue weighted by Crippen LogP contribution is -2.39. The summed E-state index contributed by atoms with van der Waals surface area (Å²) < 4.78 is 38.2. The van der Waals surface area contributed by atoms with Crippen molar-refractivity contribution in [3.63, 3.8) is 0 Å². The van der Waals surface area contributed by atoms with Crippen LogP contribution in [0.25, 0.3) is 0 Å². The molecule has 0 saturated carbocycles. The highest BCUT2D eigenvalue weighted by Gasteiger charge is 2.23. The Morgan fingerprint density at radius 3 is 2.30 bits per heavy atom. The van der Waals surface area contributed by atoms with Gasteiger partial charge in [0.15, 0.2) is 11.5 Å². The van der Waals surface area contributed by atoms with E-state index in [0.717, 1.165) is 14.3 Å². The van der Waals surface area contributed by atoms with Gasteiger partial charge in [-0.2, -0.15) is 4.31 Å². The number of halogens is 1. The van der Waals surface area contributed by atoms with E-state index in [1.165, 1.54) is 19.2 Å². The molecule has 164 valence electrons. The highest BCUT2D eigenvalue weighted by Crippen LogP contribution is 2.31. The van der Waals surface area contributed by atoms with Gasteiger partial charge in [-0.25, -0.2) is 8.42 Å². The summed E-state index contributed by atoms with van der Waals surface area (Å²) in [5.74, 6) is 0.777. The average molecular weight is 499 g/mol. The number of carbonyl (C=O) groups excluding carboxylic acids is 1. The minimum Gasteiger partial charge on any atom is -0.493 e. The molecule has 0 fully saturated rings. The van der Waals surface area contributed by atoms with Crippen molar-refractivity contribution in [3.05, 3.63) is 52.5 Å². The number of methoxy groups -OCH3 is 1. The van der Waals surface area contributed by atoms with Gasteiger partial charge in [0.25, 0.3) is 0 Å². The molecule has 1 atom stereocenters. The van der Waals surface area contributed by atoms with Crippen LogP contribution in [0.15, 0.2) is 51.8 Å². The topological polar surface area (TPSA) is 84.9 Å². The van der Waals surface area contributed by atoms with E-state index in [4.69, 9.17) is 9.47 Å². The molecule has 2 aromatic carbocycles. The number of rotatable bonds is 9. The quantitative estimate of drug-likeness (QED) is 0.568. The van der Waals surface area contributed by atoms with Crippen LogP contribution in [0, 0.1) is 0 Å². The van der Waals surface area contributed by atoms with Crippen molar-refractivity contribution in [1.82, 2.24) is 9.62 Å². The fourth-order valence-electron chi connectivity index (χ4n) is 2.75. The van der Waals surface area contributed by atoms with Crippen LogP contribution >= 0.6 is 15.9 Å². The third-order valence-electron chi connectivity index (χ3n) is 4.32. The molecule has 0 saturated heterocycles. The zero-order chi connectivity index (χ0) is 22.5. The molecule has 7 nitrogen and oxygen atoms in total. The van der Waals surface area contributed by atoms with E-state index in [1.807, 2.05) is 26.8 Å². The third-order valence-corrected chi connectivity index (χ3v) is 6.66. The number of nitrogens with zero attached hydrogens (tertiary/aromatic N) is 1. The van der Waals surface area contributed by atoms with E-state index in [-0.39, 0.29) is 23.6 Å². The number of likely N-dealkylation sites (N-methyl/N-ethyl adjacent to an activating group) is 1. The molecule has 0 aromatic heterocycles. The predicted molar refractivity (Wildman–Crippen MR) is 119 cm³/mol. The standard InChI is InChI=1S/C21H27BrN2O5S/c1-14(2)29-19-11-6-16(12-20(19)28-5)15(3)23-21(25)13-24(4)30(26,27)18-9-7-17(22)8-10-18/h6-12,14-15H,13H2,1-5H3,(H,23,25). The number of carbonyl (C=O) groups is 1. The van der Waals surface area contributed by atoms with E-state index in [0.29, 0.717) is 11.5 Å². The minimum absolute atomic E-state index is 0.00471. The fourth-order valence-corrected chi connectivity index (χ4v) is 4.14. The van der Waals surface area contributed by atoms with Crippen molar-refractivity contribution in [1.29, 1.82) is 0 Å². The highest BCUT2D eigenvalue weighted by atomic mass is 79.9. The first kappa shape index (κ1) is 24.2. The number of sulfonamides is 1. The zero-order valence-electron chi connectivity index (χ0n) is 17.7. The van der Waals surface area contributed by atoms with E-state index >= 15 is 0 Å². The van der Waals surface area contributed by atoms with Gasteiger partial charge >= 0.3 is 0 Å². The van der Waals surface area contributed by atoms with E-state index in [9.17, 15) is 13.2 Å². The summed E-state index contributed by atoms with van der Waals surface area (Å²) >= 11 is 3.28. The van der Waals surface area contributed by atoms with Gasteiger partial charge in [0.1, 0.15) is 0 Å². The van der Waals surface area contributed by atoms with Crippen molar-refractivity contribution in [2.75, 3.05) is 20.7 Å². The van der Waals surface area contributed by atoms with Crippen LogP contribution in [-0.4, -0.2) is 45.4 Å². The molecule has 0 aliphatic rings. The number of ether oxygens (including phenoxy) is 2. The van der Waals surface area contributed by atoms with Crippen LogP contribution < -0.4 is 14.8 Å². The molecule has 0 aliphatic carbocycles. The van der Waals surface area contributed by atoms with Gasteiger partial charge in [0.05, 0.1) is 30.7 Å². The molecule has 1 amide bonds. The Morgan fingerprint density at radius 1 is 1.10 bits per heavy atom. The lowest BCUT2D eigenvalue weighted by Gasteiger charge is -2.20. The van der Waals surface area contributed by atoms with Crippen molar-refractivity contribution in [2.24, 2.45) is 0 Å². The summed E-state index contributed by atoms with van der Waals surface area (Å²) in [6, 6.07) is 11.3. The Kier molecular flexibility index (Phi) is 8.28. The van der Waals surface area contributed by atoms with E-state index in [1.54, 1.807) is 31.4 Å². The third kappa shape index (κ3) is 6.20. The molecule has 0 radical (unpaired) electrons. The van der Waals surface area contributed by atoms with Crippen LogP contribution in [0.2, 0.25) is 0 Å². The van der Waals surface area contributed by atoms with Crippen LogP contribution in [0.1, 0.15) is 32.4 Å². The molecular formula is C21H27BrN2O5S. The average Bonchev–Trinajstić information content (AvgIpc) is 2.67. The Morgan fingerprint density at radius 2 is 1.73 bits per heavy atom. The predicted octanol–water partition coefficient (Wildman–Crippen LogP) is 3.74. The molecule has 30 heavy (non-hydrogen) atoms. The van der Waals surface area contributed by atoms with Gasteiger partial charge in [-0.05, 0) is 62.7 Å². The molecule has 2 aromatic rings. The second-order valence-electron chi connectivity index (χ2n) is 7.08. The van der Waals surface area contributed by atoms with Crippen molar-refractivity contribution in [2.45, 2.75) is 37.8 Å². The van der Waals surface area contributed by atoms with Crippen molar-refractivity contribution >= 4 is 31.9 Å². The molecular weight excluding hydrogens is 472 g/mol. The molecule has 0 heterocycles. The number of hydrogen-bond acceptors (Lipinski definition) is 5. The van der Waals surface area contributed by atoms with Gasteiger partial charge in [-0.15, -0.1) is 0 Å². The van der Waals surface area contributed by atoms with Crippen LogP contribution in [-0.2, 0) is 14.8 Å². The largest absolute Gasteiger partial charge is 0.493 e. The highest BCUT2D eigenvalue weighted by molar-refractivity contribution is 9.10. The summed E-state index contributed by atoms with van der Waals surface area (Å²) in [5.41, 5.74) is 0.815. The van der Waals surface area contributed by atoms with Crippen molar-refractivity contribution in [3.8, 4) is 11.5 Å². The zero-order valence-corrected chi connectivity index (χ0v) is 20.1. The molecule has 9 heteroatoms. The van der Waals surface area contributed by atoms with Crippen LogP contribution in [0.3, 0.4) is 0 Å². The maximum Gasteiger partial charge on any atom is 0.243 e. The number of nitrogens with one attached hydrogen (secondary N) is 1. The van der Waals surface area contributed by atoms with E-state index < -0.39 is 15.9 Å². The maximum atomic E-state index is 12.6. The van der Waals surface area contributed by atoms with Gasteiger partial charge < -0.3 is 14.8 Å². The number of hydrogen-bond donors (Lipinski definition) is 1. The lowest BCUT2D eigenvalue weighted by molar-refractivity contribution is -0.121. The van der Waals surface area contributed by atoms with E-state index in [2.05, 4.69) is 21.2 Å². The normalized spacial score (nSPS) is 12.7. The van der Waals surface area contributed by atoms with Gasteiger partial charge in [-0.3, -0.25) is 4.79 Å². The Balaban J connectivity index is 2.05. The summed E-state index contributed by atoms with van der Waals surface area (Å²) in [7, 11) is -0.833. The molecule has 1 N–H and O–H groups in total. The molecule has 0 aliphatic heterocycles. The molecule has 0 spiro atoms. The first-order valence-electron chi connectivity index (χ1n) is 9.40. The second-order valence-corrected chi connectivity index (χ2v) is 10.0. The Bertz CT molecular complexity index is 977. The molecule has 2 rings (SSSR count). The lowest BCUT2D eigenvalue weighted by atomic mass is 10.1. The smallest absolute Gasteiger partial charge is 0.243 e. The van der Waals surface area contributed by atoms with Crippen molar-refractivity contribution < 1.29 is 22.7 Å². The number of benzene rings is 2. The van der Waals surface area contributed by atoms with Crippen LogP contribution in [0.4, 0.5) is 0 Å². The Labute approximate surface area is 186 Å². The summed E-state index contributed by atoms with van der Waals surface area (Å²) in [4.78, 5) is 12.6. The summed E-state index contributed by atoms with van der Waals surface area (Å²) in [5, 5.41) is 2.82. The monoisotopic (exact) mass is 498 g/mol. The first-order valence-corrected chi connectivity index (χ1v) is 11.6. The van der Waals surface area contributed by atoms with Crippen LogP contribution in [0.5, 0.6) is 11.5 Å². The summed E-state index contributed by atoms with van der Waals surface area (Å²) in [6.45, 7) is 5.37. The fraction of sp³-hybridized carbons (Fsp3) is 0.381. The maximum absolute atomic E-state index is 12.6. The SMILES string of the molecule is COc1cc(C(C)NC(=O)CN(C)S(=O)(=O)c2ccc(Br)cc2)ccc1OC(C)C.